The summed E-state index contributed by atoms with van der Waals surface area (Å²) >= 11 is 21.1. The zero-order valence-corrected chi connectivity index (χ0v) is 83.2. The number of aryl methyl sites for hydroxylation is 11. The summed E-state index contributed by atoms with van der Waals surface area (Å²) < 4.78 is 0. The maximum atomic E-state index is 13.0. The molecule has 0 aliphatic heterocycles. The topological polar surface area (TPSA) is 29.1 Å². The highest BCUT2D eigenvalue weighted by atomic mass is 32.1. The summed E-state index contributed by atoms with van der Waals surface area (Å²) in [5, 5.41) is 3.20. The van der Waals surface area contributed by atoms with E-state index in [0.29, 0.717) is 6.54 Å². The van der Waals surface area contributed by atoms with Crippen LogP contribution in [0.4, 0.5) is 0 Å². The van der Waals surface area contributed by atoms with Crippen molar-refractivity contribution in [1.29, 1.82) is 0 Å². The van der Waals surface area contributed by atoms with Gasteiger partial charge >= 0.3 is 0 Å². The van der Waals surface area contributed by atoms with Crippen molar-refractivity contribution in [3.8, 4) is 87.8 Å². The molecule has 10 aromatic heterocycles. The quantitative estimate of drug-likeness (QED) is 0.0299. The first kappa shape index (κ1) is 95.1. The normalized spacial score (nSPS) is 11.9. The Morgan fingerprint density at radius 3 is 0.714 bits per heavy atom. The molecule has 11 rings (SSSR count). The third kappa shape index (κ3) is 28.0. The van der Waals surface area contributed by atoms with Gasteiger partial charge in [0.25, 0.3) is 0 Å². The minimum atomic E-state index is -0.0398. The second kappa shape index (κ2) is 51.8. The lowest BCUT2D eigenvalue weighted by atomic mass is 10.0. The second-order valence-electron chi connectivity index (χ2n) is 34.2. The van der Waals surface area contributed by atoms with E-state index in [-0.39, 0.29) is 5.91 Å². The van der Waals surface area contributed by atoms with Crippen molar-refractivity contribution in [2.24, 2.45) is 0 Å². The molecule has 0 radical (unpaired) electrons. The Bertz CT molecular complexity index is 4790. The monoisotopic (exact) mass is 1780 g/mol. The molecule has 12 heteroatoms. The molecule has 0 atom stereocenters. The fourth-order valence-electron chi connectivity index (χ4n) is 17.1. The van der Waals surface area contributed by atoms with Gasteiger partial charge in [-0.1, -0.05) is 266 Å². The second-order valence-corrected chi connectivity index (χ2v) is 45.1. The zero-order valence-electron chi connectivity index (χ0n) is 75.0. The van der Waals surface area contributed by atoms with Gasteiger partial charge in [0.1, 0.15) is 0 Å². The van der Waals surface area contributed by atoms with E-state index in [1.54, 1.807) is 79.8 Å². The summed E-state index contributed by atoms with van der Waals surface area (Å²) in [6.45, 7) is 26.5. The standard InChI is InChI=1S/C107H145NOS10/c1-12-21-30-42-53-80-66-76(10)110-99(80)90-68-82(55-44-32-23-14-3)101(112-90)92-70-84(57-46-34-25-16-5)103(114-92)94-72-86(59-48-36-27-18-7)105(116-94)96-74-88(61-50-38-29-20-9)107(118-96)97-75-87(60-49-37-28-19-8)106(119-97)95-73-85(58-47-35-26-17-6)104(117-95)93-71-83(56-45-33-24-15-4)102(115-93)91-69-81(54-43-31-22-13-2)100(113-91)89-67-79(77(11)111-89)64-65-108-98(109)63-62-78-51-40-39-41-52-78/h39-41,51-52,62-63,66-75H,12-38,42-50,53-61,64-65H2,1-11H3,(H,108,109)/b63-62+. The average molecular weight is 1780 g/mol. The Kier molecular flexibility index (Phi) is 41.4. The van der Waals surface area contributed by atoms with Crippen LogP contribution in [0.3, 0.4) is 0 Å². The first-order valence-corrected chi connectivity index (χ1v) is 55.8. The minimum Gasteiger partial charge on any atom is -0.352 e. The molecule has 10 heterocycles. The summed E-state index contributed by atoms with van der Waals surface area (Å²) in [6.07, 6.45) is 60.6. The van der Waals surface area contributed by atoms with Crippen LogP contribution in [0.5, 0.6) is 0 Å². The Balaban J connectivity index is 0.988. The van der Waals surface area contributed by atoms with E-state index >= 15 is 0 Å². The third-order valence-electron chi connectivity index (χ3n) is 24.1. The number of amides is 1. The number of benzene rings is 1. The molecular formula is C107H145NOS10. The van der Waals surface area contributed by atoms with E-state index < -0.39 is 0 Å². The summed E-state index contributed by atoms with van der Waals surface area (Å²) in [5.74, 6) is -0.0398. The first-order chi connectivity index (χ1) is 58.4. The molecule has 0 bridgehead atoms. The molecule has 2 nitrogen and oxygen atoms in total. The van der Waals surface area contributed by atoms with E-state index in [4.69, 9.17) is 0 Å². The lowest BCUT2D eigenvalue weighted by Crippen LogP contribution is -2.23. The van der Waals surface area contributed by atoms with Gasteiger partial charge in [-0.2, -0.15) is 0 Å². The number of hydrogen-bond donors (Lipinski definition) is 1. The van der Waals surface area contributed by atoms with E-state index in [1.165, 1.54) is 323 Å². The van der Waals surface area contributed by atoms with Crippen LogP contribution in [0.2, 0.25) is 0 Å². The third-order valence-corrected chi connectivity index (χ3v) is 37.3. The molecule has 0 aliphatic carbocycles. The van der Waals surface area contributed by atoms with Gasteiger partial charge in [-0.05, 0) is 264 Å². The molecule has 0 unspecified atom stereocenters. The van der Waals surface area contributed by atoms with Crippen LogP contribution >= 0.6 is 113 Å². The lowest BCUT2D eigenvalue weighted by Gasteiger charge is -2.02. The number of unbranched alkanes of at least 4 members (excludes halogenated alkanes) is 27. The molecule has 1 N–H and O–H groups in total. The Morgan fingerprint density at radius 1 is 0.252 bits per heavy atom. The van der Waals surface area contributed by atoms with Crippen molar-refractivity contribution in [3.05, 3.63) is 168 Å². The molecule has 0 saturated carbocycles. The molecule has 0 fully saturated rings. The van der Waals surface area contributed by atoms with Crippen molar-refractivity contribution in [2.75, 3.05) is 6.54 Å². The minimum absolute atomic E-state index is 0.0398. The van der Waals surface area contributed by atoms with Crippen LogP contribution in [-0.4, -0.2) is 12.5 Å². The Hall–Kier alpha value is -4.57. The molecule has 644 valence electrons. The summed E-state index contributed by atoms with van der Waals surface area (Å²) in [5.41, 5.74) is 16.6. The van der Waals surface area contributed by atoms with Gasteiger partial charge in [0.05, 0.1) is 0 Å². The van der Waals surface area contributed by atoms with Gasteiger partial charge in [0.15, 0.2) is 0 Å². The van der Waals surface area contributed by atoms with Gasteiger partial charge in [0, 0.05) is 110 Å². The smallest absolute Gasteiger partial charge is 0.244 e. The van der Waals surface area contributed by atoms with Crippen molar-refractivity contribution >= 4 is 125 Å². The molecule has 119 heavy (non-hydrogen) atoms. The van der Waals surface area contributed by atoms with Gasteiger partial charge in [-0.3, -0.25) is 4.79 Å². The van der Waals surface area contributed by atoms with Gasteiger partial charge in [0.2, 0.25) is 5.91 Å². The predicted octanol–water partition coefficient (Wildman–Crippen LogP) is 38.4. The fourth-order valence-corrected chi connectivity index (χ4v) is 30.2. The highest BCUT2D eigenvalue weighted by Crippen LogP contribution is 2.56. The fraction of sp³-hybridized carbons (Fsp3) is 0.542. The number of carbonyl (C=O) groups is 1. The number of hydrogen-bond acceptors (Lipinski definition) is 11. The summed E-state index contributed by atoms with van der Waals surface area (Å²) in [4.78, 5) is 43.0. The van der Waals surface area contributed by atoms with E-state index in [0.717, 1.165) is 56.9 Å². The highest BCUT2D eigenvalue weighted by Gasteiger charge is 2.28. The van der Waals surface area contributed by atoms with Crippen LogP contribution in [0, 0.1) is 13.8 Å². The van der Waals surface area contributed by atoms with Gasteiger partial charge in [-0.25, -0.2) is 0 Å². The Morgan fingerprint density at radius 2 is 0.471 bits per heavy atom. The maximum Gasteiger partial charge on any atom is 0.244 e. The summed E-state index contributed by atoms with van der Waals surface area (Å²) in [6, 6.07) is 36.7. The van der Waals surface area contributed by atoms with Crippen LogP contribution in [0.25, 0.3) is 93.9 Å². The van der Waals surface area contributed by atoms with Crippen molar-refractivity contribution < 1.29 is 4.79 Å². The summed E-state index contributed by atoms with van der Waals surface area (Å²) in [7, 11) is 0. The molecular weight excluding hydrogens is 1640 g/mol. The van der Waals surface area contributed by atoms with Crippen molar-refractivity contribution in [1.82, 2.24) is 5.32 Å². The van der Waals surface area contributed by atoms with Gasteiger partial charge in [-0.15, -0.1) is 113 Å². The van der Waals surface area contributed by atoms with Crippen molar-refractivity contribution in [3.63, 3.8) is 0 Å². The number of nitrogens with one attached hydrogen (secondary N) is 1. The highest BCUT2D eigenvalue weighted by molar-refractivity contribution is 7.32. The zero-order chi connectivity index (χ0) is 83.5. The van der Waals surface area contributed by atoms with Crippen molar-refractivity contribution in [2.45, 2.75) is 372 Å². The van der Waals surface area contributed by atoms with E-state index in [2.05, 4.69) is 233 Å². The average Bonchev–Trinajstić information content (AvgIpc) is 1.61. The molecule has 1 amide bonds. The SMILES string of the molecule is CCCCCCc1cc(C)sc1-c1cc(CCCCCC)c(-c2cc(CCCCCC)c(-c3cc(CCCCCC)c(-c4cc(CCCCCC)c(-c5cc(CCCCCC)c(-c6cc(CCCCCC)c(-c7cc(CCCCCC)c(-c8cc(CCCCCC)c(-c9cc(CCNC(=O)/C=C/c%10ccccc%10)c(C)s9)s8)s7)s6)s5)s4)s3)s2)s1. The number of carbonyl (C=O) groups excluding carboxylic acids is 1. The molecule has 0 aliphatic rings. The van der Waals surface area contributed by atoms with Crippen LogP contribution < -0.4 is 5.32 Å². The van der Waals surface area contributed by atoms with Crippen LogP contribution in [-0.2, 0) is 69.0 Å². The van der Waals surface area contributed by atoms with E-state index in [9.17, 15) is 4.79 Å². The van der Waals surface area contributed by atoms with Crippen LogP contribution in [0.15, 0.2) is 97.1 Å². The molecule has 1 aromatic carbocycles. The predicted molar refractivity (Wildman–Crippen MR) is 546 cm³/mol. The lowest BCUT2D eigenvalue weighted by molar-refractivity contribution is -0.116. The van der Waals surface area contributed by atoms with Crippen LogP contribution in [0.1, 0.15) is 364 Å². The van der Waals surface area contributed by atoms with E-state index in [1.807, 2.05) is 59.1 Å². The number of rotatable bonds is 59. The van der Waals surface area contributed by atoms with Gasteiger partial charge < -0.3 is 5.32 Å². The largest absolute Gasteiger partial charge is 0.352 e. The Labute approximate surface area is 762 Å². The first-order valence-electron chi connectivity index (χ1n) is 47.6. The molecule has 0 spiro atoms. The molecule has 11 aromatic rings. The number of thiophene rings is 10. The maximum absolute atomic E-state index is 13.0. The molecule has 0 saturated heterocycles.